The van der Waals surface area contributed by atoms with Gasteiger partial charge >= 0.3 is 0 Å². The highest BCUT2D eigenvalue weighted by atomic mass is 35.5. The number of para-hydroxylation sites is 1. The Morgan fingerprint density at radius 2 is 1.76 bits per heavy atom. The minimum absolute atomic E-state index is 0.140. The number of imide groups is 2. The number of phenolic OH excluding ortho intramolecular Hbond substituents is 1. The molecule has 2 aromatic carbocycles. The maximum Gasteiger partial charge on any atom is 0.241 e. The van der Waals surface area contributed by atoms with E-state index in [0.29, 0.717) is 12.0 Å². The van der Waals surface area contributed by atoms with Crippen LogP contribution >= 0.6 is 11.6 Å². The first kappa shape index (κ1) is 28.4. The molecule has 0 bridgehead atoms. The van der Waals surface area contributed by atoms with E-state index >= 15 is 0 Å². The number of halogens is 2. The molecule has 4 aliphatic rings. The number of ether oxygens (including phenoxy) is 1. The van der Waals surface area contributed by atoms with Gasteiger partial charge in [-0.25, -0.2) is 9.29 Å². The van der Waals surface area contributed by atoms with Crippen LogP contribution in [0.3, 0.4) is 0 Å². The summed E-state index contributed by atoms with van der Waals surface area (Å²) in [5.74, 6) is -5.67. The van der Waals surface area contributed by atoms with E-state index in [1.807, 2.05) is 26.8 Å². The molecule has 2 aromatic rings. The van der Waals surface area contributed by atoms with Crippen LogP contribution < -0.4 is 9.64 Å². The molecule has 6 atom stereocenters. The third-order valence-electron chi connectivity index (χ3n) is 9.67. The number of carbonyl (C=O) groups excluding carboxylic acids is 4. The summed E-state index contributed by atoms with van der Waals surface area (Å²) in [4.78, 5) is 58.4. The summed E-state index contributed by atoms with van der Waals surface area (Å²) in [6.45, 7) is 7.15. The zero-order chi connectivity index (χ0) is 30.5. The van der Waals surface area contributed by atoms with Crippen LogP contribution in [0.25, 0.3) is 0 Å². The number of methoxy groups -OCH3 is 1. The van der Waals surface area contributed by atoms with Crippen molar-refractivity contribution < 1.29 is 33.4 Å². The van der Waals surface area contributed by atoms with Crippen LogP contribution in [-0.2, 0) is 19.2 Å². The molecule has 0 spiro atoms. The number of hydrogen-bond acceptors (Lipinski definition) is 6. The van der Waals surface area contributed by atoms with E-state index in [2.05, 4.69) is 0 Å². The largest absolute Gasteiger partial charge is 0.504 e. The van der Waals surface area contributed by atoms with Crippen LogP contribution in [0.2, 0.25) is 5.02 Å². The lowest BCUT2D eigenvalue weighted by atomic mass is 9.51. The van der Waals surface area contributed by atoms with Crippen molar-refractivity contribution in [2.75, 3.05) is 12.0 Å². The van der Waals surface area contributed by atoms with E-state index in [9.17, 15) is 28.7 Å². The Balaban J connectivity index is 1.55. The molecule has 220 valence electrons. The van der Waals surface area contributed by atoms with Crippen molar-refractivity contribution in [3.05, 3.63) is 64.5 Å². The summed E-state index contributed by atoms with van der Waals surface area (Å²) < 4.78 is 19.4. The second-order valence-electron chi connectivity index (χ2n) is 12.8. The number of allylic oxidation sites excluding steroid dienone is 2. The van der Waals surface area contributed by atoms with Crippen molar-refractivity contribution in [1.29, 1.82) is 0 Å². The molecule has 6 unspecified atom stereocenters. The zero-order valence-electron chi connectivity index (χ0n) is 24.0. The van der Waals surface area contributed by atoms with Crippen LogP contribution in [0.4, 0.5) is 10.1 Å². The molecule has 2 aliphatic carbocycles. The van der Waals surface area contributed by atoms with Gasteiger partial charge in [-0.1, -0.05) is 35.4 Å². The molecule has 1 N–H and O–H groups in total. The van der Waals surface area contributed by atoms with Gasteiger partial charge in [-0.2, -0.15) is 0 Å². The SMILES string of the molecule is COc1cccc(C2C3=CCC4C(=O)N(C(C)(C)C)C(=O)C4C3CC3C(=O)N(c4ccc(F)c(Cl)c4)C(=O)C32C)c1O. The summed E-state index contributed by atoms with van der Waals surface area (Å²) >= 11 is 6.04. The second-order valence-corrected chi connectivity index (χ2v) is 13.2. The number of fused-ring (bicyclic) bond motifs is 4. The van der Waals surface area contributed by atoms with Crippen LogP contribution in [-0.4, -0.2) is 46.3 Å². The zero-order valence-corrected chi connectivity index (χ0v) is 24.7. The summed E-state index contributed by atoms with van der Waals surface area (Å²) in [5.41, 5.74) is -0.818. The van der Waals surface area contributed by atoms with E-state index in [1.54, 1.807) is 25.1 Å². The summed E-state index contributed by atoms with van der Waals surface area (Å²) in [6.07, 6.45) is 2.39. The quantitative estimate of drug-likeness (QED) is 0.386. The van der Waals surface area contributed by atoms with Crippen LogP contribution in [0.5, 0.6) is 11.5 Å². The predicted octanol–water partition coefficient (Wildman–Crippen LogP) is 5.22. The fourth-order valence-electron chi connectivity index (χ4n) is 7.83. The van der Waals surface area contributed by atoms with E-state index < -0.39 is 58.2 Å². The number of anilines is 1. The van der Waals surface area contributed by atoms with Crippen LogP contribution in [0.1, 0.15) is 52.0 Å². The molecule has 3 fully saturated rings. The number of rotatable bonds is 3. The highest BCUT2D eigenvalue weighted by Crippen LogP contribution is 2.65. The number of amides is 4. The fourth-order valence-corrected chi connectivity index (χ4v) is 8.00. The number of benzene rings is 2. The van der Waals surface area contributed by atoms with Crippen molar-refractivity contribution in [3.63, 3.8) is 0 Å². The summed E-state index contributed by atoms with van der Waals surface area (Å²) in [5, 5.41) is 11.1. The van der Waals surface area contributed by atoms with E-state index in [1.165, 1.54) is 24.1 Å². The molecule has 8 nitrogen and oxygen atoms in total. The monoisotopic (exact) mass is 594 g/mol. The normalized spacial score (nSPS) is 30.7. The molecule has 1 saturated carbocycles. The number of phenols is 1. The molecular formula is C32H32ClFN2O6. The minimum Gasteiger partial charge on any atom is -0.504 e. The Kier molecular flexibility index (Phi) is 6.35. The van der Waals surface area contributed by atoms with Gasteiger partial charge in [-0.3, -0.25) is 24.1 Å². The van der Waals surface area contributed by atoms with Gasteiger partial charge in [0.2, 0.25) is 23.6 Å². The van der Waals surface area contributed by atoms with Gasteiger partial charge in [-0.15, -0.1) is 0 Å². The molecule has 42 heavy (non-hydrogen) atoms. The third-order valence-corrected chi connectivity index (χ3v) is 9.96. The van der Waals surface area contributed by atoms with Gasteiger partial charge in [0.1, 0.15) is 5.82 Å². The molecule has 10 heteroatoms. The molecule has 0 aromatic heterocycles. The summed E-state index contributed by atoms with van der Waals surface area (Å²) in [7, 11) is 1.42. The average molecular weight is 595 g/mol. The highest BCUT2D eigenvalue weighted by molar-refractivity contribution is 6.31. The average Bonchev–Trinajstić information content (AvgIpc) is 3.30. The summed E-state index contributed by atoms with van der Waals surface area (Å²) in [6, 6.07) is 8.67. The molecule has 2 heterocycles. The lowest BCUT2D eigenvalue weighted by molar-refractivity contribution is -0.145. The Bertz CT molecular complexity index is 1600. The van der Waals surface area contributed by atoms with Crippen molar-refractivity contribution >= 4 is 40.9 Å². The molecule has 2 saturated heterocycles. The predicted molar refractivity (Wildman–Crippen MR) is 152 cm³/mol. The van der Waals surface area contributed by atoms with Gasteiger partial charge < -0.3 is 9.84 Å². The first-order valence-electron chi connectivity index (χ1n) is 14.0. The number of carbonyl (C=O) groups is 4. The van der Waals surface area contributed by atoms with Gasteiger partial charge in [0.25, 0.3) is 0 Å². The molecule has 0 radical (unpaired) electrons. The smallest absolute Gasteiger partial charge is 0.241 e. The standard InChI is InChI=1S/C32H32ClFN2O6/c1-31(2,3)36-27(38)17-11-10-16-19(24(17)29(36)40)14-20-28(39)35(15-9-12-22(34)21(33)13-15)30(41)32(20,4)25(16)18-7-6-8-23(42-5)26(18)37/h6-10,12-13,17,19-20,24-25,37H,11,14H2,1-5H3. The Labute approximate surface area is 248 Å². The first-order valence-corrected chi connectivity index (χ1v) is 14.4. The maximum absolute atomic E-state index is 14.4. The lowest BCUT2D eigenvalue weighted by Crippen LogP contribution is -2.49. The van der Waals surface area contributed by atoms with Crippen LogP contribution in [0.15, 0.2) is 48.0 Å². The van der Waals surface area contributed by atoms with Crippen molar-refractivity contribution in [2.24, 2.45) is 29.1 Å². The topological polar surface area (TPSA) is 104 Å². The van der Waals surface area contributed by atoms with Crippen molar-refractivity contribution in [2.45, 2.75) is 52.0 Å². The second kappa shape index (κ2) is 9.39. The molecular weight excluding hydrogens is 563 g/mol. The Hall–Kier alpha value is -3.72. The number of hydrogen-bond donors (Lipinski definition) is 1. The van der Waals surface area contributed by atoms with Gasteiger partial charge in [0.05, 0.1) is 41.0 Å². The Morgan fingerprint density at radius 1 is 1.05 bits per heavy atom. The van der Waals surface area contributed by atoms with Crippen LogP contribution in [0, 0.1) is 34.9 Å². The number of aromatic hydroxyl groups is 1. The molecule has 2 aliphatic heterocycles. The Morgan fingerprint density at radius 3 is 2.40 bits per heavy atom. The maximum atomic E-state index is 14.4. The number of likely N-dealkylation sites (tertiary alicyclic amines) is 1. The van der Waals surface area contributed by atoms with E-state index in [0.717, 1.165) is 16.5 Å². The first-order chi connectivity index (χ1) is 19.7. The highest BCUT2D eigenvalue weighted by Gasteiger charge is 2.68. The van der Waals surface area contributed by atoms with E-state index in [4.69, 9.17) is 16.3 Å². The molecule has 4 amide bonds. The molecule has 6 rings (SSSR count). The van der Waals surface area contributed by atoms with Crippen molar-refractivity contribution in [1.82, 2.24) is 4.90 Å². The van der Waals surface area contributed by atoms with Gasteiger partial charge in [0.15, 0.2) is 11.5 Å². The van der Waals surface area contributed by atoms with Gasteiger partial charge in [-0.05, 0) is 70.7 Å². The minimum atomic E-state index is -1.37. The number of nitrogens with zero attached hydrogens (tertiary/aromatic N) is 2. The third kappa shape index (κ3) is 3.71. The lowest BCUT2D eigenvalue weighted by Gasteiger charge is -2.49. The van der Waals surface area contributed by atoms with E-state index in [-0.39, 0.29) is 40.4 Å². The fraction of sp³-hybridized carbons (Fsp3) is 0.438. The van der Waals surface area contributed by atoms with Gasteiger partial charge in [0, 0.05) is 17.0 Å². The van der Waals surface area contributed by atoms with Crippen molar-refractivity contribution in [3.8, 4) is 11.5 Å².